The molecule has 164 valence electrons. The normalized spacial score (nSPS) is 16.0. The van der Waals surface area contributed by atoms with Gasteiger partial charge in [0.25, 0.3) is 5.56 Å². The van der Waals surface area contributed by atoms with Gasteiger partial charge in [0.1, 0.15) is 0 Å². The Morgan fingerprint density at radius 2 is 1.97 bits per heavy atom. The van der Waals surface area contributed by atoms with E-state index in [1.807, 2.05) is 48.7 Å². The molecule has 0 aliphatic carbocycles. The molecule has 1 aliphatic rings. The molecule has 1 aliphatic heterocycles. The summed E-state index contributed by atoms with van der Waals surface area (Å²) in [5, 5.41) is 0.561. The van der Waals surface area contributed by atoms with E-state index in [1.165, 1.54) is 11.3 Å². The molecule has 3 aromatic rings. The van der Waals surface area contributed by atoms with Gasteiger partial charge in [0.2, 0.25) is 0 Å². The summed E-state index contributed by atoms with van der Waals surface area (Å²) in [5.74, 6) is -0.465. The summed E-state index contributed by atoms with van der Waals surface area (Å²) in [6, 6.07) is 14.6. The van der Waals surface area contributed by atoms with Gasteiger partial charge in [0.05, 0.1) is 28.5 Å². The van der Waals surface area contributed by atoms with E-state index < -0.39 is 12.0 Å². The monoisotopic (exact) mass is 484 g/mol. The second kappa shape index (κ2) is 9.48. The lowest BCUT2D eigenvalue weighted by atomic mass is 9.96. The molecule has 5 nitrogen and oxygen atoms in total. The molecule has 2 heterocycles. The van der Waals surface area contributed by atoms with Crippen molar-refractivity contribution < 1.29 is 9.53 Å². The van der Waals surface area contributed by atoms with Crippen molar-refractivity contribution >= 4 is 46.7 Å². The first-order valence-corrected chi connectivity index (χ1v) is 12.4. The van der Waals surface area contributed by atoms with Crippen molar-refractivity contribution in [2.45, 2.75) is 24.8 Å². The summed E-state index contributed by atoms with van der Waals surface area (Å²) in [6.07, 6.45) is 3.77. The van der Waals surface area contributed by atoms with Crippen LogP contribution in [0.4, 0.5) is 0 Å². The molecular weight excluding hydrogens is 464 g/mol. The third-order valence-electron chi connectivity index (χ3n) is 5.14. The fraction of sp³-hybridized carbons (Fsp3) is 0.208. The number of benzene rings is 2. The van der Waals surface area contributed by atoms with E-state index in [2.05, 4.69) is 4.99 Å². The van der Waals surface area contributed by atoms with Gasteiger partial charge in [-0.2, -0.15) is 0 Å². The van der Waals surface area contributed by atoms with Crippen LogP contribution in [0.25, 0.3) is 6.08 Å². The number of hydrogen-bond acceptors (Lipinski definition) is 6. The number of hydrogen-bond donors (Lipinski definition) is 0. The number of thiazole rings is 1. The first kappa shape index (κ1) is 22.6. The molecule has 2 aromatic carbocycles. The van der Waals surface area contributed by atoms with E-state index in [1.54, 1.807) is 42.3 Å². The molecule has 0 radical (unpaired) electrons. The van der Waals surface area contributed by atoms with Gasteiger partial charge in [0, 0.05) is 9.92 Å². The van der Waals surface area contributed by atoms with Gasteiger partial charge < -0.3 is 4.74 Å². The molecule has 0 amide bonds. The van der Waals surface area contributed by atoms with Crippen molar-refractivity contribution in [3.8, 4) is 0 Å². The quantitative estimate of drug-likeness (QED) is 0.403. The van der Waals surface area contributed by atoms with Gasteiger partial charge >= 0.3 is 5.97 Å². The topological polar surface area (TPSA) is 60.7 Å². The van der Waals surface area contributed by atoms with Gasteiger partial charge in [-0.1, -0.05) is 53.3 Å². The van der Waals surface area contributed by atoms with Crippen LogP contribution in [-0.2, 0) is 9.53 Å². The van der Waals surface area contributed by atoms with Crippen LogP contribution in [0.5, 0.6) is 0 Å². The summed E-state index contributed by atoms with van der Waals surface area (Å²) in [7, 11) is 0. The van der Waals surface area contributed by atoms with Crippen molar-refractivity contribution in [2.75, 3.05) is 12.9 Å². The van der Waals surface area contributed by atoms with Crippen LogP contribution < -0.4 is 14.9 Å². The number of nitrogens with zero attached hydrogens (tertiary/aromatic N) is 2. The number of carbonyl (C=O) groups excluding carboxylic acids is 1. The molecule has 0 N–H and O–H groups in total. The molecule has 0 fully saturated rings. The summed E-state index contributed by atoms with van der Waals surface area (Å²) in [6.45, 7) is 3.78. The smallest absolute Gasteiger partial charge is 0.338 e. The predicted molar refractivity (Wildman–Crippen MR) is 130 cm³/mol. The number of fused-ring (bicyclic) bond motifs is 1. The molecule has 0 spiro atoms. The first-order valence-electron chi connectivity index (χ1n) is 10.0. The Hall–Kier alpha value is -2.61. The Labute approximate surface area is 198 Å². The standard InChI is InChI=1S/C24H21ClN2O3S2/c1-4-30-23(29)20-14(2)26-24-27(21(20)15-9-11-17(31-3)12-10-15)22(28)19(32-24)13-16-7-5-6-8-18(16)25/h5-13,21H,4H2,1-3H3/b19-13-/t21-/m1/s1. The lowest BCUT2D eigenvalue weighted by Crippen LogP contribution is -2.39. The minimum atomic E-state index is -0.616. The zero-order chi connectivity index (χ0) is 22.8. The Morgan fingerprint density at radius 1 is 1.25 bits per heavy atom. The molecule has 0 saturated carbocycles. The van der Waals surface area contributed by atoms with Gasteiger partial charge in [-0.05, 0) is 55.5 Å². The second-order valence-electron chi connectivity index (χ2n) is 7.10. The van der Waals surface area contributed by atoms with Gasteiger partial charge in [-0.3, -0.25) is 9.36 Å². The van der Waals surface area contributed by atoms with Crippen LogP contribution in [0.2, 0.25) is 5.02 Å². The van der Waals surface area contributed by atoms with Gasteiger partial charge in [-0.15, -0.1) is 11.8 Å². The molecule has 1 atom stereocenters. The lowest BCUT2D eigenvalue weighted by Gasteiger charge is -2.24. The number of carbonyl (C=O) groups is 1. The highest BCUT2D eigenvalue weighted by atomic mass is 35.5. The van der Waals surface area contributed by atoms with E-state index in [4.69, 9.17) is 16.3 Å². The van der Waals surface area contributed by atoms with E-state index in [0.717, 1.165) is 16.0 Å². The Balaban J connectivity index is 1.96. The predicted octanol–water partition coefficient (Wildman–Crippen LogP) is 4.17. The van der Waals surface area contributed by atoms with Crippen molar-refractivity contribution in [1.29, 1.82) is 0 Å². The van der Waals surface area contributed by atoms with Crippen LogP contribution in [0, 0.1) is 0 Å². The van der Waals surface area contributed by atoms with Crippen molar-refractivity contribution in [3.05, 3.63) is 95.6 Å². The fourth-order valence-electron chi connectivity index (χ4n) is 3.63. The maximum absolute atomic E-state index is 13.5. The zero-order valence-electron chi connectivity index (χ0n) is 17.8. The second-order valence-corrected chi connectivity index (χ2v) is 9.39. The fourth-order valence-corrected chi connectivity index (χ4v) is 5.26. The van der Waals surface area contributed by atoms with E-state index in [0.29, 0.717) is 25.6 Å². The molecule has 0 unspecified atom stereocenters. The van der Waals surface area contributed by atoms with Crippen molar-refractivity contribution in [1.82, 2.24) is 4.57 Å². The highest BCUT2D eigenvalue weighted by Gasteiger charge is 2.33. The zero-order valence-corrected chi connectivity index (χ0v) is 20.2. The molecule has 8 heteroatoms. The molecule has 4 rings (SSSR count). The molecule has 0 bridgehead atoms. The van der Waals surface area contributed by atoms with Crippen molar-refractivity contribution in [2.24, 2.45) is 4.99 Å². The summed E-state index contributed by atoms with van der Waals surface area (Å²) >= 11 is 9.21. The number of thioether (sulfide) groups is 1. The Bertz CT molecular complexity index is 1390. The van der Waals surface area contributed by atoms with Crippen LogP contribution in [0.1, 0.15) is 31.0 Å². The molecule has 0 saturated heterocycles. The third-order valence-corrected chi connectivity index (χ3v) is 7.21. The van der Waals surface area contributed by atoms with Gasteiger partial charge in [-0.25, -0.2) is 9.79 Å². The number of aromatic nitrogens is 1. The maximum Gasteiger partial charge on any atom is 0.338 e. The van der Waals surface area contributed by atoms with E-state index >= 15 is 0 Å². The average Bonchev–Trinajstić information content (AvgIpc) is 3.09. The Morgan fingerprint density at radius 3 is 2.62 bits per heavy atom. The van der Waals surface area contributed by atoms with Crippen LogP contribution >= 0.6 is 34.7 Å². The minimum Gasteiger partial charge on any atom is -0.463 e. The largest absolute Gasteiger partial charge is 0.463 e. The number of esters is 1. The number of allylic oxidation sites excluding steroid dienone is 1. The molecular formula is C24H21ClN2O3S2. The molecule has 32 heavy (non-hydrogen) atoms. The van der Waals surface area contributed by atoms with E-state index in [-0.39, 0.29) is 12.2 Å². The average molecular weight is 485 g/mol. The number of ether oxygens (including phenoxy) is 1. The number of halogens is 1. The first-order chi connectivity index (χ1) is 15.4. The third kappa shape index (κ3) is 4.20. The van der Waals surface area contributed by atoms with E-state index in [9.17, 15) is 9.59 Å². The highest BCUT2D eigenvalue weighted by Crippen LogP contribution is 2.31. The lowest BCUT2D eigenvalue weighted by molar-refractivity contribution is -0.139. The highest BCUT2D eigenvalue weighted by molar-refractivity contribution is 7.98. The van der Waals surface area contributed by atoms with Crippen molar-refractivity contribution in [3.63, 3.8) is 0 Å². The Kier molecular flexibility index (Phi) is 6.69. The summed E-state index contributed by atoms with van der Waals surface area (Å²) in [5.41, 5.74) is 2.28. The number of rotatable bonds is 5. The minimum absolute atomic E-state index is 0.220. The summed E-state index contributed by atoms with van der Waals surface area (Å²) < 4.78 is 7.41. The summed E-state index contributed by atoms with van der Waals surface area (Å²) in [4.78, 5) is 32.7. The van der Waals surface area contributed by atoms with Crippen LogP contribution in [0.15, 0.2) is 74.5 Å². The van der Waals surface area contributed by atoms with Gasteiger partial charge in [0.15, 0.2) is 4.80 Å². The SMILES string of the molecule is CCOC(=O)C1=C(C)N=c2s/c(=C\c3ccccc3Cl)c(=O)n2[C@@H]1c1ccc(SC)cc1. The maximum atomic E-state index is 13.5. The molecule has 1 aromatic heterocycles. The van der Waals surface area contributed by atoms with Crippen LogP contribution in [0.3, 0.4) is 0 Å². The van der Waals surface area contributed by atoms with Crippen LogP contribution in [-0.4, -0.2) is 23.4 Å².